The molecule has 1 fully saturated rings. The van der Waals surface area contributed by atoms with Crippen molar-refractivity contribution in [3.05, 3.63) is 65.1 Å². The summed E-state index contributed by atoms with van der Waals surface area (Å²) in [5.41, 5.74) is 8.65. The molecule has 0 atom stereocenters. The summed E-state index contributed by atoms with van der Waals surface area (Å²) in [5, 5.41) is 5.31. The third-order valence-corrected chi connectivity index (χ3v) is 6.64. The van der Waals surface area contributed by atoms with Gasteiger partial charge >= 0.3 is 0 Å². The Labute approximate surface area is 189 Å². The number of nitrogens with zero attached hydrogens (tertiary/aromatic N) is 4. The first-order valence-electron chi connectivity index (χ1n) is 11.6. The zero-order valence-corrected chi connectivity index (χ0v) is 19.4. The molecule has 6 heteroatoms. The van der Waals surface area contributed by atoms with E-state index in [1.54, 1.807) is 0 Å². The molecule has 0 saturated carbocycles. The number of rotatable bonds is 5. The Bertz CT molecular complexity index is 1200. The van der Waals surface area contributed by atoms with Crippen molar-refractivity contribution < 1.29 is 4.52 Å². The topological polar surface area (TPSA) is 70.8 Å². The van der Waals surface area contributed by atoms with Crippen molar-refractivity contribution in [1.29, 1.82) is 0 Å². The first kappa shape index (κ1) is 20.9. The van der Waals surface area contributed by atoms with Gasteiger partial charge in [0.15, 0.2) is 5.82 Å². The number of H-pyrrole nitrogens is 1. The summed E-state index contributed by atoms with van der Waals surface area (Å²) in [6.45, 7) is 11.6. The normalized spacial score (nSPS) is 15.8. The van der Waals surface area contributed by atoms with E-state index in [0.29, 0.717) is 11.8 Å². The van der Waals surface area contributed by atoms with Crippen molar-refractivity contribution in [2.75, 3.05) is 13.1 Å². The highest BCUT2D eigenvalue weighted by atomic mass is 16.5. The third-order valence-electron chi connectivity index (χ3n) is 6.64. The van der Waals surface area contributed by atoms with Crippen LogP contribution >= 0.6 is 0 Å². The second-order valence-corrected chi connectivity index (χ2v) is 9.41. The maximum atomic E-state index is 4.87. The van der Waals surface area contributed by atoms with Crippen molar-refractivity contribution in [3.8, 4) is 11.3 Å². The fourth-order valence-corrected chi connectivity index (χ4v) is 5.18. The Morgan fingerprint density at radius 1 is 1.09 bits per heavy atom. The summed E-state index contributed by atoms with van der Waals surface area (Å²) in [4.78, 5) is 14.9. The Morgan fingerprint density at radius 2 is 1.84 bits per heavy atom. The van der Waals surface area contributed by atoms with E-state index in [1.165, 1.54) is 39.7 Å². The maximum Gasteiger partial charge on any atom is 0.213 e. The molecule has 32 heavy (non-hydrogen) atoms. The summed E-state index contributed by atoms with van der Waals surface area (Å²) in [6, 6.07) is 11.4. The lowest BCUT2D eigenvalue weighted by Gasteiger charge is -2.31. The molecular formula is C26H31N5O. The van der Waals surface area contributed by atoms with E-state index in [2.05, 4.69) is 83.0 Å². The molecule has 4 aromatic rings. The summed E-state index contributed by atoms with van der Waals surface area (Å²) in [7, 11) is 0. The van der Waals surface area contributed by atoms with Gasteiger partial charge in [-0.15, -0.1) is 0 Å². The fraction of sp³-hybridized carbons (Fsp3) is 0.423. The predicted molar refractivity (Wildman–Crippen MR) is 127 cm³/mol. The number of likely N-dealkylation sites (tertiary alicyclic amines) is 1. The van der Waals surface area contributed by atoms with Crippen LogP contribution < -0.4 is 0 Å². The lowest BCUT2D eigenvalue weighted by Crippen LogP contribution is -2.32. The summed E-state index contributed by atoms with van der Waals surface area (Å²) >= 11 is 0. The zero-order valence-electron chi connectivity index (χ0n) is 19.4. The standard InChI is InChI=1S/C26H31N5O/c1-16(2)25-22-13-20(19-7-9-31(10-8-19)14-24-27-15-32-30-24)5-6-23(22)29-26(25)21-11-17(3)28-18(4)12-21/h5-6,11-13,15-16,19,29H,7-10,14H2,1-4H3. The van der Waals surface area contributed by atoms with E-state index in [1.807, 2.05) is 0 Å². The molecule has 0 unspecified atom stereocenters. The zero-order chi connectivity index (χ0) is 22.2. The highest BCUT2D eigenvalue weighted by Gasteiger charge is 2.23. The van der Waals surface area contributed by atoms with Gasteiger partial charge in [0.1, 0.15) is 0 Å². The largest absolute Gasteiger partial charge is 0.354 e. The number of aromatic amines is 1. The number of hydrogen-bond donors (Lipinski definition) is 1. The molecule has 5 rings (SSSR count). The monoisotopic (exact) mass is 429 g/mol. The van der Waals surface area contributed by atoms with Gasteiger partial charge in [-0.25, -0.2) is 0 Å². The molecule has 1 saturated heterocycles. The molecule has 4 heterocycles. The number of nitrogens with one attached hydrogen (secondary N) is 1. The summed E-state index contributed by atoms with van der Waals surface area (Å²) in [6.07, 6.45) is 3.71. The Hall–Kier alpha value is -2.99. The number of benzene rings is 1. The average molecular weight is 430 g/mol. The minimum atomic E-state index is 0.430. The van der Waals surface area contributed by atoms with Gasteiger partial charge in [-0.05, 0) is 87.0 Å². The van der Waals surface area contributed by atoms with E-state index >= 15 is 0 Å². The summed E-state index contributed by atoms with van der Waals surface area (Å²) < 4.78 is 4.87. The Balaban J connectivity index is 1.43. The number of hydrogen-bond acceptors (Lipinski definition) is 5. The van der Waals surface area contributed by atoms with Crippen molar-refractivity contribution in [3.63, 3.8) is 0 Å². The molecular weight excluding hydrogens is 398 g/mol. The van der Waals surface area contributed by atoms with Crippen LogP contribution in [0.15, 0.2) is 41.2 Å². The Morgan fingerprint density at radius 3 is 2.50 bits per heavy atom. The predicted octanol–water partition coefficient (Wildman–Crippen LogP) is 5.73. The van der Waals surface area contributed by atoms with Gasteiger partial charge in [0.2, 0.25) is 6.39 Å². The van der Waals surface area contributed by atoms with Crippen molar-refractivity contribution in [1.82, 2.24) is 25.0 Å². The first-order valence-corrected chi connectivity index (χ1v) is 11.6. The van der Waals surface area contributed by atoms with Gasteiger partial charge in [0.05, 0.1) is 12.2 Å². The van der Waals surface area contributed by atoms with E-state index in [-0.39, 0.29) is 0 Å². The van der Waals surface area contributed by atoms with Gasteiger partial charge in [-0.1, -0.05) is 25.1 Å². The number of aryl methyl sites for hydroxylation is 2. The second-order valence-electron chi connectivity index (χ2n) is 9.41. The van der Waals surface area contributed by atoms with Crippen molar-refractivity contribution >= 4 is 10.9 Å². The van der Waals surface area contributed by atoms with Crippen LogP contribution in [0.5, 0.6) is 0 Å². The lowest BCUT2D eigenvalue weighted by atomic mass is 9.87. The van der Waals surface area contributed by atoms with Crippen LogP contribution in [0.2, 0.25) is 0 Å². The van der Waals surface area contributed by atoms with Crippen LogP contribution in [0, 0.1) is 13.8 Å². The number of pyridine rings is 1. The van der Waals surface area contributed by atoms with E-state index < -0.39 is 0 Å². The van der Waals surface area contributed by atoms with Gasteiger partial charge in [-0.2, -0.15) is 4.98 Å². The van der Waals surface area contributed by atoms with Crippen molar-refractivity contribution in [2.45, 2.75) is 58.9 Å². The molecule has 0 spiro atoms. The first-order chi connectivity index (χ1) is 15.5. The lowest BCUT2D eigenvalue weighted by molar-refractivity contribution is 0.198. The van der Waals surface area contributed by atoms with Crippen LogP contribution in [0.1, 0.15) is 66.9 Å². The van der Waals surface area contributed by atoms with E-state index in [0.717, 1.165) is 49.7 Å². The molecule has 0 amide bonds. The molecule has 6 nitrogen and oxygen atoms in total. The van der Waals surface area contributed by atoms with E-state index in [4.69, 9.17) is 4.52 Å². The van der Waals surface area contributed by atoms with Crippen molar-refractivity contribution in [2.24, 2.45) is 0 Å². The number of piperidine rings is 1. The highest BCUT2D eigenvalue weighted by Crippen LogP contribution is 2.38. The van der Waals surface area contributed by atoms with Gasteiger partial charge in [-0.3, -0.25) is 9.88 Å². The van der Waals surface area contributed by atoms with Crippen LogP contribution in [-0.2, 0) is 6.54 Å². The van der Waals surface area contributed by atoms with Crippen LogP contribution in [0.4, 0.5) is 0 Å². The number of aromatic nitrogens is 4. The molecule has 0 bridgehead atoms. The minimum Gasteiger partial charge on any atom is -0.354 e. The molecule has 1 aliphatic rings. The van der Waals surface area contributed by atoms with Gasteiger partial charge in [0.25, 0.3) is 0 Å². The summed E-state index contributed by atoms with van der Waals surface area (Å²) in [5.74, 6) is 1.79. The third kappa shape index (κ3) is 4.07. The van der Waals surface area contributed by atoms with E-state index in [9.17, 15) is 0 Å². The smallest absolute Gasteiger partial charge is 0.213 e. The molecule has 0 aliphatic carbocycles. The Kier molecular flexibility index (Phi) is 5.55. The minimum absolute atomic E-state index is 0.430. The van der Waals surface area contributed by atoms with Gasteiger partial charge < -0.3 is 9.51 Å². The number of fused-ring (bicyclic) bond motifs is 1. The van der Waals surface area contributed by atoms with Crippen LogP contribution in [0.25, 0.3) is 22.2 Å². The second kappa shape index (κ2) is 8.51. The molecule has 1 N–H and O–H groups in total. The SMILES string of the molecule is Cc1cc(-c2[nH]c3ccc(C4CCN(Cc5ncon5)CC4)cc3c2C(C)C)cc(C)n1. The maximum absolute atomic E-state index is 4.87. The molecule has 0 radical (unpaired) electrons. The van der Waals surface area contributed by atoms with Crippen LogP contribution in [-0.4, -0.2) is 38.1 Å². The molecule has 166 valence electrons. The molecule has 1 aliphatic heterocycles. The van der Waals surface area contributed by atoms with Gasteiger partial charge in [0, 0.05) is 27.9 Å². The highest BCUT2D eigenvalue weighted by molar-refractivity contribution is 5.92. The molecule has 1 aromatic carbocycles. The fourth-order valence-electron chi connectivity index (χ4n) is 5.18. The molecule has 3 aromatic heterocycles. The van der Waals surface area contributed by atoms with Crippen LogP contribution in [0.3, 0.4) is 0 Å². The quantitative estimate of drug-likeness (QED) is 0.438. The average Bonchev–Trinajstić information content (AvgIpc) is 3.40.